The Morgan fingerprint density at radius 1 is 1.38 bits per heavy atom. The number of aldehydes is 1. The number of likely N-dealkylation sites (N-methyl/N-ethyl adjacent to an activating group) is 1. The molecule has 0 spiro atoms. The summed E-state index contributed by atoms with van der Waals surface area (Å²) in [6.07, 6.45) is 0.928. The molecular formula is C12H18N2OS. The number of hydrogen-bond acceptors (Lipinski definition) is 4. The summed E-state index contributed by atoms with van der Waals surface area (Å²) in [7, 11) is 2.18. The van der Waals surface area contributed by atoms with E-state index in [-0.39, 0.29) is 0 Å². The van der Waals surface area contributed by atoms with Crippen LogP contribution in [-0.2, 0) is 0 Å². The molecule has 1 saturated heterocycles. The van der Waals surface area contributed by atoms with Crippen molar-refractivity contribution in [1.29, 1.82) is 0 Å². The summed E-state index contributed by atoms with van der Waals surface area (Å²) < 4.78 is 0. The molecule has 1 aliphatic heterocycles. The number of nitrogens with zero attached hydrogens (tertiary/aromatic N) is 2. The quantitative estimate of drug-likeness (QED) is 0.737. The van der Waals surface area contributed by atoms with Gasteiger partial charge in [0.2, 0.25) is 0 Å². The number of hydrogen-bond donors (Lipinski definition) is 0. The van der Waals surface area contributed by atoms with E-state index < -0.39 is 0 Å². The normalized spacial score (nSPS) is 27.1. The maximum absolute atomic E-state index is 10.7. The van der Waals surface area contributed by atoms with E-state index in [0.29, 0.717) is 12.1 Å². The molecule has 1 aromatic heterocycles. The molecule has 16 heavy (non-hydrogen) atoms. The van der Waals surface area contributed by atoms with Crippen molar-refractivity contribution in [3.05, 3.63) is 16.3 Å². The van der Waals surface area contributed by atoms with Crippen LogP contribution in [0.25, 0.3) is 0 Å². The molecule has 3 nitrogen and oxygen atoms in total. The Hall–Kier alpha value is -0.870. The molecule has 1 aromatic rings. The first-order valence-corrected chi connectivity index (χ1v) is 6.50. The molecule has 0 saturated carbocycles. The largest absolute Gasteiger partial charge is 0.368 e. The fourth-order valence-electron chi connectivity index (χ4n) is 2.19. The average molecular weight is 238 g/mol. The first kappa shape index (κ1) is 11.6. The second kappa shape index (κ2) is 4.55. The Kier molecular flexibility index (Phi) is 3.30. The second-order valence-electron chi connectivity index (χ2n) is 4.59. The van der Waals surface area contributed by atoms with Crippen molar-refractivity contribution in [3.63, 3.8) is 0 Å². The molecule has 0 aliphatic carbocycles. The van der Waals surface area contributed by atoms with Gasteiger partial charge in [-0.15, -0.1) is 11.3 Å². The van der Waals surface area contributed by atoms with Crippen LogP contribution in [0.15, 0.2) is 11.4 Å². The van der Waals surface area contributed by atoms with E-state index in [2.05, 4.69) is 36.1 Å². The Morgan fingerprint density at radius 2 is 2.00 bits per heavy atom. The van der Waals surface area contributed by atoms with Gasteiger partial charge in [-0.1, -0.05) is 0 Å². The monoisotopic (exact) mass is 238 g/mol. The summed E-state index contributed by atoms with van der Waals surface area (Å²) in [5.41, 5.74) is 1.19. The van der Waals surface area contributed by atoms with Crippen LogP contribution in [0.2, 0.25) is 0 Å². The molecular weight excluding hydrogens is 220 g/mol. The molecule has 4 heteroatoms. The van der Waals surface area contributed by atoms with Crippen LogP contribution in [0.4, 0.5) is 5.69 Å². The summed E-state index contributed by atoms with van der Waals surface area (Å²) in [4.78, 5) is 16.3. The van der Waals surface area contributed by atoms with Gasteiger partial charge in [-0.2, -0.15) is 0 Å². The van der Waals surface area contributed by atoms with Crippen molar-refractivity contribution in [2.45, 2.75) is 25.9 Å². The molecule has 1 aliphatic rings. The molecule has 2 rings (SSSR count). The van der Waals surface area contributed by atoms with E-state index in [9.17, 15) is 4.79 Å². The first-order valence-electron chi connectivity index (χ1n) is 5.62. The van der Waals surface area contributed by atoms with Crippen LogP contribution < -0.4 is 4.90 Å². The lowest BCUT2D eigenvalue weighted by molar-refractivity contribution is 0.112. The predicted octanol–water partition coefficient (Wildman–Crippen LogP) is 2.09. The molecule has 2 atom stereocenters. The smallest absolute Gasteiger partial charge is 0.160 e. The van der Waals surface area contributed by atoms with Gasteiger partial charge in [-0.3, -0.25) is 9.69 Å². The third kappa shape index (κ3) is 2.13. The molecule has 88 valence electrons. The zero-order valence-corrected chi connectivity index (χ0v) is 10.8. The van der Waals surface area contributed by atoms with Gasteiger partial charge in [0, 0.05) is 36.2 Å². The number of carbonyl (C=O) groups excluding carboxylic acids is 1. The highest BCUT2D eigenvalue weighted by atomic mass is 32.1. The Morgan fingerprint density at radius 3 is 2.50 bits per heavy atom. The maximum atomic E-state index is 10.7. The summed E-state index contributed by atoms with van der Waals surface area (Å²) >= 11 is 1.52. The number of carbonyl (C=O) groups is 1. The van der Waals surface area contributed by atoms with Gasteiger partial charge in [0.1, 0.15) is 0 Å². The molecule has 0 N–H and O–H groups in total. The number of rotatable bonds is 2. The van der Waals surface area contributed by atoms with E-state index in [1.165, 1.54) is 17.0 Å². The van der Waals surface area contributed by atoms with Crippen molar-refractivity contribution in [3.8, 4) is 0 Å². The third-order valence-corrected chi connectivity index (χ3v) is 4.29. The van der Waals surface area contributed by atoms with Gasteiger partial charge in [0.25, 0.3) is 0 Å². The highest BCUT2D eigenvalue weighted by Gasteiger charge is 2.26. The van der Waals surface area contributed by atoms with Crippen LogP contribution in [-0.4, -0.2) is 43.4 Å². The van der Waals surface area contributed by atoms with Crippen molar-refractivity contribution < 1.29 is 4.79 Å². The zero-order chi connectivity index (χ0) is 11.7. The van der Waals surface area contributed by atoms with Gasteiger partial charge in [-0.25, -0.2) is 0 Å². The van der Waals surface area contributed by atoms with Gasteiger partial charge in [-0.05, 0) is 27.0 Å². The van der Waals surface area contributed by atoms with Crippen molar-refractivity contribution in [2.75, 3.05) is 25.0 Å². The third-order valence-electron chi connectivity index (χ3n) is 3.45. The second-order valence-corrected chi connectivity index (χ2v) is 5.54. The van der Waals surface area contributed by atoms with Crippen LogP contribution in [0, 0.1) is 0 Å². The maximum Gasteiger partial charge on any atom is 0.160 e. The minimum atomic E-state index is 0.559. The fourth-order valence-corrected chi connectivity index (χ4v) is 2.90. The lowest BCUT2D eigenvalue weighted by atomic mass is 10.1. The molecule has 0 bridgehead atoms. The summed E-state index contributed by atoms with van der Waals surface area (Å²) in [6, 6.07) is 3.11. The van der Waals surface area contributed by atoms with E-state index in [1.807, 2.05) is 6.07 Å². The van der Waals surface area contributed by atoms with Crippen molar-refractivity contribution in [2.24, 2.45) is 0 Å². The molecule has 2 heterocycles. The van der Waals surface area contributed by atoms with Crippen LogP contribution in [0.1, 0.15) is 23.5 Å². The van der Waals surface area contributed by atoms with Gasteiger partial charge in [0.05, 0.1) is 4.88 Å². The number of thiophene rings is 1. The standard InChI is InChI=1S/C12H18N2OS/c1-9-5-14(6-10(2)13(9)3)11-4-12(7-15)16-8-11/h4,7-10H,5-6H2,1-3H3. The van der Waals surface area contributed by atoms with Crippen LogP contribution in [0.5, 0.6) is 0 Å². The molecule has 2 unspecified atom stereocenters. The first-order chi connectivity index (χ1) is 7.61. The lowest BCUT2D eigenvalue weighted by Crippen LogP contribution is -2.55. The van der Waals surface area contributed by atoms with E-state index in [1.54, 1.807) is 0 Å². The number of piperazine rings is 1. The number of anilines is 1. The topological polar surface area (TPSA) is 23.6 Å². The average Bonchev–Trinajstić information content (AvgIpc) is 2.73. The minimum absolute atomic E-state index is 0.559. The molecule has 0 radical (unpaired) electrons. The summed E-state index contributed by atoms with van der Waals surface area (Å²) in [5.74, 6) is 0. The van der Waals surface area contributed by atoms with Gasteiger partial charge >= 0.3 is 0 Å². The molecule has 1 fully saturated rings. The van der Waals surface area contributed by atoms with E-state index in [4.69, 9.17) is 0 Å². The fraction of sp³-hybridized carbons (Fsp3) is 0.583. The van der Waals surface area contributed by atoms with Crippen LogP contribution >= 0.6 is 11.3 Å². The highest BCUT2D eigenvalue weighted by molar-refractivity contribution is 7.12. The SMILES string of the molecule is CC1CN(c2csc(C=O)c2)CC(C)N1C. The zero-order valence-electron chi connectivity index (χ0n) is 10.0. The summed E-state index contributed by atoms with van der Waals surface area (Å²) in [6.45, 7) is 6.57. The minimum Gasteiger partial charge on any atom is -0.368 e. The Bertz CT molecular complexity index is 365. The Balaban J connectivity index is 2.13. The van der Waals surface area contributed by atoms with Gasteiger partial charge < -0.3 is 4.90 Å². The lowest BCUT2D eigenvalue weighted by Gasteiger charge is -2.43. The molecule has 0 aromatic carbocycles. The van der Waals surface area contributed by atoms with Crippen LogP contribution in [0.3, 0.4) is 0 Å². The van der Waals surface area contributed by atoms with E-state index >= 15 is 0 Å². The van der Waals surface area contributed by atoms with Crippen molar-refractivity contribution in [1.82, 2.24) is 4.90 Å². The van der Waals surface area contributed by atoms with Crippen molar-refractivity contribution >= 4 is 23.3 Å². The predicted molar refractivity (Wildman–Crippen MR) is 68.6 cm³/mol. The Labute approximate surface area is 101 Å². The summed E-state index contributed by atoms with van der Waals surface area (Å²) in [5, 5.41) is 2.08. The van der Waals surface area contributed by atoms with E-state index in [0.717, 1.165) is 24.3 Å². The molecule has 0 amide bonds. The highest BCUT2D eigenvalue weighted by Crippen LogP contribution is 2.25. The van der Waals surface area contributed by atoms with Gasteiger partial charge in [0.15, 0.2) is 6.29 Å².